The molecule has 118 valence electrons. The summed E-state index contributed by atoms with van der Waals surface area (Å²) < 4.78 is 10.5. The van der Waals surface area contributed by atoms with Crippen LogP contribution in [0.3, 0.4) is 0 Å². The van der Waals surface area contributed by atoms with E-state index in [1.54, 1.807) is 0 Å². The van der Waals surface area contributed by atoms with Gasteiger partial charge in [0.05, 0.1) is 6.61 Å². The maximum Gasteiger partial charge on any atom is 0.323 e. The number of ether oxygens (including phenoxy) is 2. The summed E-state index contributed by atoms with van der Waals surface area (Å²) in [6.07, 6.45) is 3.10. The minimum atomic E-state index is -0.183. The average molecular weight is 286 g/mol. The van der Waals surface area contributed by atoms with Gasteiger partial charge in [0.2, 0.25) is 0 Å². The average Bonchev–Trinajstić information content (AvgIpc) is 2.44. The molecule has 0 bridgehead atoms. The summed E-state index contributed by atoms with van der Waals surface area (Å²) in [5, 5.41) is 3.20. The third-order valence-corrected chi connectivity index (χ3v) is 3.73. The Labute approximate surface area is 123 Å². The van der Waals surface area contributed by atoms with E-state index >= 15 is 0 Å². The Morgan fingerprint density at radius 3 is 2.70 bits per heavy atom. The van der Waals surface area contributed by atoms with E-state index in [1.165, 1.54) is 0 Å². The van der Waals surface area contributed by atoms with E-state index in [-0.39, 0.29) is 12.0 Å². The molecule has 1 heterocycles. The van der Waals surface area contributed by atoms with Crippen LogP contribution in [-0.2, 0) is 14.3 Å². The number of rotatable bonds is 9. The molecule has 0 aromatic rings. The Morgan fingerprint density at radius 1 is 1.40 bits per heavy atom. The van der Waals surface area contributed by atoms with E-state index in [9.17, 15) is 4.79 Å². The predicted octanol–water partition coefficient (Wildman–Crippen LogP) is 1.28. The van der Waals surface area contributed by atoms with Crippen LogP contribution in [0, 0.1) is 5.92 Å². The molecular weight excluding hydrogens is 256 g/mol. The highest BCUT2D eigenvalue weighted by molar-refractivity contribution is 5.75. The van der Waals surface area contributed by atoms with Gasteiger partial charge in [-0.1, -0.05) is 6.92 Å². The van der Waals surface area contributed by atoms with Gasteiger partial charge in [-0.3, -0.25) is 4.79 Å². The molecule has 1 fully saturated rings. The molecule has 1 N–H and O–H groups in total. The Bertz CT molecular complexity index is 268. The number of hydrogen-bond donors (Lipinski definition) is 1. The number of nitrogens with one attached hydrogen (secondary N) is 1. The molecule has 1 aliphatic heterocycles. The Hall–Kier alpha value is -0.650. The van der Waals surface area contributed by atoms with Gasteiger partial charge in [-0.05, 0) is 52.2 Å². The van der Waals surface area contributed by atoms with Crippen LogP contribution in [0.4, 0.5) is 0 Å². The van der Waals surface area contributed by atoms with Gasteiger partial charge in [0.1, 0.15) is 6.04 Å². The topological polar surface area (TPSA) is 50.8 Å². The number of hydrogen-bond acceptors (Lipinski definition) is 5. The molecule has 5 heteroatoms. The van der Waals surface area contributed by atoms with E-state index in [0.29, 0.717) is 6.61 Å². The molecule has 1 aliphatic rings. The van der Waals surface area contributed by atoms with Crippen molar-refractivity contribution >= 4 is 5.97 Å². The van der Waals surface area contributed by atoms with Crippen molar-refractivity contribution in [3.05, 3.63) is 0 Å². The first-order valence-corrected chi connectivity index (χ1v) is 7.83. The van der Waals surface area contributed by atoms with Crippen LogP contribution < -0.4 is 5.32 Å². The minimum Gasteiger partial charge on any atom is -0.465 e. The van der Waals surface area contributed by atoms with Crippen molar-refractivity contribution in [1.29, 1.82) is 0 Å². The number of esters is 1. The fourth-order valence-corrected chi connectivity index (χ4v) is 2.60. The van der Waals surface area contributed by atoms with Crippen molar-refractivity contribution in [2.24, 2.45) is 5.92 Å². The van der Waals surface area contributed by atoms with Crippen LogP contribution >= 0.6 is 0 Å². The zero-order valence-electron chi connectivity index (χ0n) is 13.2. The Kier molecular flexibility index (Phi) is 8.82. The van der Waals surface area contributed by atoms with E-state index in [4.69, 9.17) is 9.47 Å². The van der Waals surface area contributed by atoms with Crippen molar-refractivity contribution < 1.29 is 14.3 Å². The fraction of sp³-hybridized carbons (Fsp3) is 0.933. The molecular formula is C15H30N2O3. The predicted molar refractivity (Wildman–Crippen MR) is 79.8 cm³/mol. The van der Waals surface area contributed by atoms with Gasteiger partial charge in [-0.15, -0.1) is 0 Å². The lowest BCUT2D eigenvalue weighted by molar-refractivity contribution is -0.145. The maximum atomic E-state index is 11.8. The monoisotopic (exact) mass is 286 g/mol. The zero-order chi connectivity index (χ0) is 14.8. The lowest BCUT2D eigenvalue weighted by Crippen LogP contribution is -2.41. The second kappa shape index (κ2) is 10.1. The zero-order valence-corrected chi connectivity index (χ0v) is 13.2. The lowest BCUT2D eigenvalue weighted by Gasteiger charge is -2.28. The lowest BCUT2D eigenvalue weighted by atomic mass is 10.00. The van der Waals surface area contributed by atoms with Crippen molar-refractivity contribution in [2.45, 2.75) is 39.2 Å². The molecule has 0 aromatic heterocycles. The summed E-state index contributed by atoms with van der Waals surface area (Å²) in [4.78, 5) is 14.1. The molecule has 0 saturated carbocycles. The first-order chi connectivity index (χ1) is 9.67. The highest BCUT2D eigenvalue weighted by atomic mass is 16.5. The highest BCUT2D eigenvalue weighted by Gasteiger charge is 2.20. The molecule has 1 atom stereocenters. The molecule has 0 amide bonds. The highest BCUT2D eigenvalue weighted by Crippen LogP contribution is 2.15. The van der Waals surface area contributed by atoms with Crippen molar-refractivity contribution in [3.63, 3.8) is 0 Å². The van der Waals surface area contributed by atoms with Crippen LogP contribution in [0.25, 0.3) is 0 Å². The second-order valence-electron chi connectivity index (χ2n) is 5.47. The van der Waals surface area contributed by atoms with Crippen molar-refractivity contribution in [1.82, 2.24) is 10.2 Å². The van der Waals surface area contributed by atoms with E-state index in [2.05, 4.69) is 17.3 Å². The third-order valence-electron chi connectivity index (χ3n) is 3.73. The summed E-state index contributed by atoms with van der Waals surface area (Å²) in [6.45, 7) is 8.86. The minimum absolute atomic E-state index is 0.131. The number of nitrogens with zero attached hydrogens (tertiary/aromatic N) is 1. The molecule has 1 rings (SSSR count). The molecule has 5 nitrogen and oxygen atoms in total. The summed E-state index contributed by atoms with van der Waals surface area (Å²) in [5.74, 6) is 0.600. The normalized spacial score (nSPS) is 18.2. The summed E-state index contributed by atoms with van der Waals surface area (Å²) in [5.41, 5.74) is 0. The maximum absolute atomic E-state index is 11.8. The molecule has 1 unspecified atom stereocenters. The van der Waals surface area contributed by atoms with Gasteiger partial charge < -0.3 is 19.7 Å². The fourth-order valence-electron chi connectivity index (χ4n) is 2.60. The first-order valence-electron chi connectivity index (χ1n) is 7.83. The quantitative estimate of drug-likeness (QED) is 0.647. The first kappa shape index (κ1) is 17.4. The largest absolute Gasteiger partial charge is 0.465 e. The third kappa shape index (κ3) is 6.68. The van der Waals surface area contributed by atoms with E-state index < -0.39 is 0 Å². The summed E-state index contributed by atoms with van der Waals surface area (Å²) >= 11 is 0. The molecule has 0 aliphatic carbocycles. The van der Waals surface area contributed by atoms with E-state index in [1.807, 2.05) is 13.8 Å². The summed E-state index contributed by atoms with van der Waals surface area (Å²) in [7, 11) is 2.13. The van der Waals surface area contributed by atoms with Crippen molar-refractivity contribution in [2.75, 3.05) is 46.5 Å². The second-order valence-corrected chi connectivity index (χ2v) is 5.47. The van der Waals surface area contributed by atoms with Crippen LogP contribution in [0.1, 0.15) is 33.1 Å². The van der Waals surface area contributed by atoms with Gasteiger partial charge in [-0.25, -0.2) is 0 Å². The van der Waals surface area contributed by atoms with Gasteiger partial charge >= 0.3 is 5.97 Å². The van der Waals surface area contributed by atoms with Crippen LogP contribution in [0.15, 0.2) is 0 Å². The number of carbonyl (C=O) groups is 1. The molecule has 0 spiro atoms. The number of carbonyl (C=O) groups excluding carboxylic acids is 1. The van der Waals surface area contributed by atoms with Gasteiger partial charge in [0.25, 0.3) is 0 Å². The van der Waals surface area contributed by atoms with E-state index in [0.717, 1.165) is 58.0 Å². The molecule has 0 aromatic carbocycles. The standard InChI is InChI=1S/C15H30N2O3/c1-4-16-14(15(18)20-5-2)6-9-17(3)12-13-7-10-19-11-8-13/h13-14,16H,4-12H2,1-3H3. The van der Waals surface area contributed by atoms with Gasteiger partial charge in [-0.2, -0.15) is 0 Å². The summed E-state index contributed by atoms with van der Waals surface area (Å²) in [6, 6.07) is -0.183. The SMILES string of the molecule is CCNC(CCN(C)CC1CCOCC1)C(=O)OCC. The molecule has 20 heavy (non-hydrogen) atoms. The molecule has 1 saturated heterocycles. The number of likely N-dealkylation sites (N-methyl/N-ethyl adjacent to an activating group) is 1. The Morgan fingerprint density at radius 2 is 2.10 bits per heavy atom. The Balaban J connectivity index is 2.27. The van der Waals surface area contributed by atoms with Crippen LogP contribution in [0.2, 0.25) is 0 Å². The smallest absolute Gasteiger partial charge is 0.323 e. The van der Waals surface area contributed by atoms with Crippen LogP contribution in [0.5, 0.6) is 0 Å². The van der Waals surface area contributed by atoms with Crippen molar-refractivity contribution in [3.8, 4) is 0 Å². The molecule has 0 radical (unpaired) electrons. The van der Waals surface area contributed by atoms with Gasteiger partial charge in [0, 0.05) is 19.8 Å². The van der Waals surface area contributed by atoms with Crippen LogP contribution in [-0.4, -0.2) is 63.4 Å². The van der Waals surface area contributed by atoms with Gasteiger partial charge in [0.15, 0.2) is 0 Å².